The summed E-state index contributed by atoms with van der Waals surface area (Å²) in [5.74, 6) is -4.20. The Kier molecular flexibility index (Phi) is 11.4. The maximum Gasteiger partial charge on any atom is 0.326 e. The van der Waals surface area contributed by atoms with Gasteiger partial charge < -0.3 is 31.3 Å². The number of rotatable bonds is 13. The van der Waals surface area contributed by atoms with E-state index in [9.17, 15) is 29.1 Å². The maximum atomic E-state index is 12.2. The van der Waals surface area contributed by atoms with Crippen molar-refractivity contribution in [2.24, 2.45) is 0 Å². The molecule has 11 nitrogen and oxygen atoms in total. The highest BCUT2D eigenvalue weighted by Crippen LogP contribution is 2.08. The topological polar surface area (TPSA) is 182 Å². The lowest BCUT2D eigenvalue weighted by molar-refractivity contribution is -0.141. The van der Waals surface area contributed by atoms with Crippen LogP contribution >= 0.6 is 22.6 Å². The summed E-state index contributed by atoms with van der Waals surface area (Å²) in [6.45, 7) is 1.71. The van der Waals surface area contributed by atoms with Crippen molar-refractivity contribution in [1.82, 2.24) is 16.0 Å². The van der Waals surface area contributed by atoms with Crippen LogP contribution in [0.15, 0.2) is 24.3 Å². The van der Waals surface area contributed by atoms with Gasteiger partial charge in [0.15, 0.2) is 0 Å². The molecule has 3 amide bonds. The van der Waals surface area contributed by atoms with Crippen LogP contribution in [0.25, 0.3) is 0 Å². The van der Waals surface area contributed by atoms with Gasteiger partial charge in [0.2, 0.25) is 5.91 Å². The SMILES string of the molecule is C[C@@H](CCC(NC(=O)N[C@@H](CCC(=O)O)C(=O)O)C(=O)O)NC(=O)Cc1ccc(I)cc1. The molecule has 0 heterocycles. The van der Waals surface area contributed by atoms with Crippen LogP contribution in [0.3, 0.4) is 0 Å². The number of halogens is 1. The maximum absolute atomic E-state index is 12.2. The minimum Gasteiger partial charge on any atom is -0.481 e. The van der Waals surface area contributed by atoms with Crippen molar-refractivity contribution in [2.75, 3.05) is 0 Å². The van der Waals surface area contributed by atoms with Gasteiger partial charge in [0.05, 0.1) is 6.42 Å². The summed E-state index contributed by atoms with van der Waals surface area (Å²) in [6.07, 6.45) is -0.409. The highest BCUT2D eigenvalue weighted by atomic mass is 127. The average Bonchev–Trinajstić information content (AvgIpc) is 2.69. The molecular formula is C20H26IN3O8. The number of nitrogens with one attached hydrogen (secondary N) is 3. The van der Waals surface area contributed by atoms with Gasteiger partial charge in [-0.2, -0.15) is 0 Å². The van der Waals surface area contributed by atoms with Gasteiger partial charge in [0, 0.05) is 16.0 Å². The van der Waals surface area contributed by atoms with Crippen molar-refractivity contribution in [1.29, 1.82) is 0 Å². The summed E-state index contributed by atoms with van der Waals surface area (Å²) >= 11 is 2.16. The lowest BCUT2D eigenvalue weighted by Gasteiger charge is -2.20. The quantitative estimate of drug-likeness (QED) is 0.194. The first kappa shape index (κ1) is 27.1. The summed E-state index contributed by atoms with van der Waals surface area (Å²) in [7, 11) is 0. The van der Waals surface area contributed by atoms with Crippen LogP contribution in [0.5, 0.6) is 0 Å². The van der Waals surface area contributed by atoms with Crippen LogP contribution in [0.4, 0.5) is 4.79 Å². The molecule has 1 aromatic rings. The van der Waals surface area contributed by atoms with Gasteiger partial charge in [-0.25, -0.2) is 14.4 Å². The molecule has 0 fully saturated rings. The molecule has 0 aromatic heterocycles. The second kappa shape index (κ2) is 13.5. The molecule has 0 spiro atoms. The van der Waals surface area contributed by atoms with Crippen molar-refractivity contribution in [3.8, 4) is 0 Å². The van der Waals surface area contributed by atoms with E-state index in [0.717, 1.165) is 9.13 Å². The third kappa shape index (κ3) is 10.9. The Hall–Kier alpha value is -2.90. The molecule has 12 heteroatoms. The Balaban J connectivity index is 2.52. The summed E-state index contributed by atoms with van der Waals surface area (Å²) in [5.41, 5.74) is 0.841. The molecule has 0 aliphatic heterocycles. The number of carbonyl (C=O) groups is 5. The van der Waals surface area contributed by atoms with Gasteiger partial charge in [-0.3, -0.25) is 9.59 Å². The van der Waals surface area contributed by atoms with E-state index >= 15 is 0 Å². The highest BCUT2D eigenvalue weighted by Gasteiger charge is 2.25. The summed E-state index contributed by atoms with van der Waals surface area (Å²) in [6, 6.07) is 3.27. The Morgan fingerprint density at radius 1 is 0.844 bits per heavy atom. The zero-order valence-electron chi connectivity index (χ0n) is 17.3. The Morgan fingerprint density at radius 2 is 1.38 bits per heavy atom. The van der Waals surface area contributed by atoms with E-state index in [-0.39, 0.29) is 37.6 Å². The number of aliphatic carboxylic acids is 3. The van der Waals surface area contributed by atoms with Crippen LogP contribution in [-0.2, 0) is 25.6 Å². The first-order valence-electron chi connectivity index (χ1n) is 9.76. The van der Waals surface area contributed by atoms with Gasteiger partial charge in [0.25, 0.3) is 0 Å². The van der Waals surface area contributed by atoms with E-state index in [1.54, 1.807) is 6.92 Å². The van der Waals surface area contributed by atoms with Crippen molar-refractivity contribution in [3.63, 3.8) is 0 Å². The predicted octanol–water partition coefficient (Wildman–Crippen LogP) is 1.19. The smallest absolute Gasteiger partial charge is 0.326 e. The minimum absolute atomic E-state index is 0.0133. The molecule has 1 aromatic carbocycles. The van der Waals surface area contributed by atoms with Gasteiger partial charge in [-0.1, -0.05) is 12.1 Å². The van der Waals surface area contributed by atoms with Crippen molar-refractivity contribution < 1.29 is 39.3 Å². The molecule has 0 saturated carbocycles. The third-order valence-corrected chi connectivity index (χ3v) is 5.15. The molecule has 176 valence electrons. The molecule has 0 bridgehead atoms. The summed E-state index contributed by atoms with van der Waals surface area (Å²) in [4.78, 5) is 57.3. The minimum atomic E-state index is -1.47. The first-order valence-corrected chi connectivity index (χ1v) is 10.8. The van der Waals surface area contributed by atoms with Crippen molar-refractivity contribution in [3.05, 3.63) is 33.4 Å². The molecule has 1 rings (SSSR count). The second-order valence-corrected chi connectivity index (χ2v) is 8.43. The van der Waals surface area contributed by atoms with E-state index in [1.807, 2.05) is 24.3 Å². The van der Waals surface area contributed by atoms with Crippen molar-refractivity contribution in [2.45, 2.75) is 57.2 Å². The number of hydrogen-bond donors (Lipinski definition) is 6. The molecule has 3 atom stereocenters. The third-order valence-electron chi connectivity index (χ3n) is 4.43. The standard InChI is InChI=1S/C20H26IN3O8/c1-11(22-16(25)10-12-3-5-13(21)6-4-12)2-7-14(18(28)29)23-20(32)24-15(19(30)31)8-9-17(26)27/h3-6,11,14-15H,2,7-10H2,1H3,(H,22,25)(H,26,27)(H,28,29)(H,30,31)(H2,23,24,32)/t11-,14?,15-/m0/s1. The molecule has 1 unspecified atom stereocenters. The number of carboxylic acids is 3. The number of carboxylic acid groups (broad SMARTS) is 3. The van der Waals surface area contributed by atoms with Crippen LogP contribution in [0, 0.1) is 3.57 Å². The number of benzene rings is 1. The molecule has 0 saturated heterocycles. The molecule has 0 aliphatic rings. The fraction of sp³-hybridized carbons (Fsp3) is 0.450. The molecule has 0 aliphatic carbocycles. The fourth-order valence-electron chi connectivity index (χ4n) is 2.74. The lowest BCUT2D eigenvalue weighted by atomic mass is 10.1. The van der Waals surface area contributed by atoms with E-state index < -0.39 is 42.4 Å². The van der Waals surface area contributed by atoms with Gasteiger partial charge in [-0.05, 0) is 66.5 Å². The number of hydrogen-bond acceptors (Lipinski definition) is 5. The monoisotopic (exact) mass is 563 g/mol. The number of amides is 3. The molecule has 0 radical (unpaired) electrons. The lowest BCUT2D eigenvalue weighted by Crippen LogP contribution is -2.51. The van der Waals surface area contributed by atoms with Gasteiger partial charge in [-0.15, -0.1) is 0 Å². The zero-order chi connectivity index (χ0) is 24.3. The Bertz CT molecular complexity index is 831. The summed E-state index contributed by atoms with van der Waals surface area (Å²) in [5, 5.41) is 34.0. The summed E-state index contributed by atoms with van der Waals surface area (Å²) < 4.78 is 1.05. The molecule has 32 heavy (non-hydrogen) atoms. The predicted molar refractivity (Wildman–Crippen MR) is 121 cm³/mol. The molecular weight excluding hydrogens is 537 g/mol. The Labute approximate surface area is 198 Å². The Morgan fingerprint density at radius 3 is 1.88 bits per heavy atom. The zero-order valence-corrected chi connectivity index (χ0v) is 19.5. The first-order chi connectivity index (χ1) is 15.0. The number of urea groups is 1. The fourth-order valence-corrected chi connectivity index (χ4v) is 3.10. The van der Waals surface area contributed by atoms with Gasteiger partial charge in [0.1, 0.15) is 12.1 Å². The van der Waals surface area contributed by atoms with Crippen LogP contribution in [0.1, 0.15) is 38.2 Å². The normalized spacial score (nSPS) is 13.3. The van der Waals surface area contributed by atoms with Crippen molar-refractivity contribution >= 4 is 52.4 Å². The highest BCUT2D eigenvalue weighted by molar-refractivity contribution is 14.1. The average molecular weight is 563 g/mol. The van der Waals surface area contributed by atoms with E-state index in [0.29, 0.717) is 0 Å². The van der Waals surface area contributed by atoms with E-state index in [1.165, 1.54) is 0 Å². The number of carbonyl (C=O) groups excluding carboxylic acids is 2. The van der Waals surface area contributed by atoms with Crippen LogP contribution in [-0.4, -0.2) is 63.3 Å². The van der Waals surface area contributed by atoms with Crippen LogP contribution in [0.2, 0.25) is 0 Å². The van der Waals surface area contributed by atoms with E-state index in [4.69, 9.17) is 10.2 Å². The molecule has 6 N–H and O–H groups in total. The van der Waals surface area contributed by atoms with E-state index in [2.05, 4.69) is 38.5 Å². The van der Waals surface area contributed by atoms with Crippen LogP contribution < -0.4 is 16.0 Å². The van der Waals surface area contributed by atoms with Gasteiger partial charge >= 0.3 is 23.9 Å². The largest absolute Gasteiger partial charge is 0.481 e. The second-order valence-electron chi connectivity index (χ2n) is 7.18.